The van der Waals surface area contributed by atoms with Gasteiger partial charge in [-0.25, -0.2) is 0 Å². The molecule has 1 fully saturated rings. The van der Waals surface area contributed by atoms with Gasteiger partial charge in [0.25, 0.3) is 5.91 Å². The van der Waals surface area contributed by atoms with Gasteiger partial charge in [0, 0.05) is 26.9 Å². The zero-order valence-electron chi connectivity index (χ0n) is 9.83. The number of hydrogen-bond acceptors (Lipinski definition) is 1. The van der Waals surface area contributed by atoms with Crippen LogP contribution in [0.15, 0.2) is 27.1 Å². The summed E-state index contributed by atoms with van der Waals surface area (Å²) in [5.74, 6) is 0.118. The van der Waals surface area contributed by atoms with E-state index in [9.17, 15) is 4.79 Å². The third-order valence-corrected chi connectivity index (χ3v) is 4.80. The summed E-state index contributed by atoms with van der Waals surface area (Å²) in [5, 5.41) is 0.820. The van der Waals surface area contributed by atoms with Crippen molar-refractivity contribution in [2.75, 3.05) is 11.9 Å². The van der Waals surface area contributed by atoms with Crippen LogP contribution in [0.1, 0.15) is 29.6 Å². The van der Waals surface area contributed by atoms with Crippen molar-refractivity contribution >= 4 is 53.7 Å². The molecular formula is C13H14Br3NO. The topological polar surface area (TPSA) is 20.3 Å². The van der Waals surface area contributed by atoms with Crippen LogP contribution in [0.2, 0.25) is 0 Å². The molecule has 98 valence electrons. The monoisotopic (exact) mass is 437 g/mol. The Morgan fingerprint density at radius 2 is 2.06 bits per heavy atom. The number of halogens is 3. The number of carbonyl (C=O) groups excluding carboxylic acids is 1. The third kappa shape index (κ3) is 3.17. The number of hydrogen-bond donors (Lipinski definition) is 0. The second-order valence-electron chi connectivity index (χ2n) is 4.40. The molecule has 1 amide bonds. The lowest BCUT2D eigenvalue weighted by atomic mass is 9.91. The minimum absolute atomic E-state index is 0.118. The summed E-state index contributed by atoms with van der Waals surface area (Å²) in [4.78, 5) is 14.6. The van der Waals surface area contributed by atoms with Gasteiger partial charge in [-0.1, -0.05) is 31.9 Å². The molecule has 0 aliphatic heterocycles. The Bertz CT molecular complexity index is 446. The van der Waals surface area contributed by atoms with Crippen molar-refractivity contribution in [3.8, 4) is 0 Å². The van der Waals surface area contributed by atoms with Crippen LogP contribution < -0.4 is 0 Å². The number of alkyl halides is 1. The standard InChI is InChI=1S/C13H14Br3NO/c14-6-7-17(10-2-1-3-10)13(18)11-8-9(15)4-5-12(11)16/h4-5,8,10H,1-3,6-7H2. The summed E-state index contributed by atoms with van der Waals surface area (Å²) in [6, 6.07) is 6.14. The van der Waals surface area contributed by atoms with Gasteiger partial charge in [0.1, 0.15) is 0 Å². The highest BCUT2D eigenvalue weighted by Gasteiger charge is 2.29. The Labute approximate surface area is 133 Å². The molecule has 0 aromatic heterocycles. The molecule has 0 atom stereocenters. The molecule has 0 radical (unpaired) electrons. The Kier molecular flexibility index (Phi) is 5.27. The van der Waals surface area contributed by atoms with E-state index < -0.39 is 0 Å². The first-order valence-corrected chi connectivity index (χ1v) is 8.66. The summed E-state index contributed by atoms with van der Waals surface area (Å²) in [7, 11) is 0. The quantitative estimate of drug-likeness (QED) is 0.628. The zero-order valence-corrected chi connectivity index (χ0v) is 14.6. The Balaban J connectivity index is 2.23. The SMILES string of the molecule is O=C(c1cc(Br)ccc1Br)N(CCBr)C1CCC1. The van der Waals surface area contributed by atoms with Gasteiger partial charge in [-0.05, 0) is 53.4 Å². The van der Waals surface area contributed by atoms with E-state index in [2.05, 4.69) is 47.8 Å². The maximum absolute atomic E-state index is 12.6. The van der Waals surface area contributed by atoms with E-state index in [1.807, 2.05) is 23.1 Å². The molecule has 0 spiro atoms. The van der Waals surface area contributed by atoms with Gasteiger partial charge < -0.3 is 4.90 Å². The molecule has 0 unspecified atom stereocenters. The van der Waals surface area contributed by atoms with Crippen molar-refractivity contribution in [2.45, 2.75) is 25.3 Å². The lowest BCUT2D eigenvalue weighted by Gasteiger charge is -2.37. The van der Waals surface area contributed by atoms with Crippen molar-refractivity contribution < 1.29 is 4.79 Å². The fourth-order valence-electron chi connectivity index (χ4n) is 2.06. The largest absolute Gasteiger partial charge is 0.335 e. The minimum Gasteiger partial charge on any atom is -0.335 e. The van der Waals surface area contributed by atoms with E-state index in [0.717, 1.165) is 39.2 Å². The van der Waals surface area contributed by atoms with Crippen molar-refractivity contribution in [1.82, 2.24) is 4.90 Å². The maximum Gasteiger partial charge on any atom is 0.255 e. The number of amides is 1. The lowest BCUT2D eigenvalue weighted by Crippen LogP contribution is -2.45. The number of benzene rings is 1. The third-order valence-electron chi connectivity index (χ3n) is 3.26. The van der Waals surface area contributed by atoms with Crippen LogP contribution in [0.3, 0.4) is 0 Å². The van der Waals surface area contributed by atoms with Gasteiger partial charge in [0.05, 0.1) is 5.56 Å². The van der Waals surface area contributed by atoms with Gasteiger partial charge in [-0.3, -0.25) is 4.79 Å². The zero-order chi connectivity index (χ0) is 13.1. The van der Waals surface area contributed by atoms with Gasteiger partial charge in [0.2, 0.25) is 0 Å². The molecule has 2 rings (SSSR count). The molecule has 1 aromatic rings. The predicted molar refractivity (Wildman–Crippen MR) is 84.3 cm³/mol. The van der Waals surface area contributed by atoms with Crippen LogP contribution in [0, 0.1) is 0 Å². The van der Waals surface area contributed by atoms with Crippen molar-refractivity contribution in [3.63, 3.8) is 0 Å². The van der Waals surface area contributed by atoms with Crippen molar-refractivity contribution in [1.29, 1.82) is 0 Å². The fraction of sp³-hybridized carbons (Fsp3) is 0.462. The Morgan fingerprint density at radius 3 is 2.61 bits per heavy atom. The van der Waals surface area contributed by atoms with E-state index >= 15 is 0 Å². The van der Waals surface area contributed by atoms with E-state index in [4.69, 9.17) is 0 Å². The molecule has 0 N–H and O–H groups in total. The highest BCUT2D eigenvalue weighted by molar-refractivity contribution is 9.11. The molecule has 0 saturated heterocycles. The average Bonchev–Trinajstić information content (AvgIpc) is 2.28. The van der Waals surface area contributed by atoms with E-state index in [-0.39, 0.29) is 5.91 Å². The summed E-state index contributed by atoms with van der Waals surface area (Å²) in [6.07, 6.45) is 3.49. The second kappa shape index (κ2) is 6.53. The molecular weight excluding hydrogens is 426 g/mol. The summed E-state index contributed by atoms with van der Waals surface area (Å²) < 4.78 is 1.79. The fourth-order valence-corrected chi connectivity index (χ4v) is 3.21. The molecule has 0 heterocycles. The van der Waals surface area contributed by atoms with Crippen molar-refractivity contribution in [2.24, 2.45) is 0 Å². The summed E-state index contributed by atoms with van der Waals surface area (Å²) in [5.41, 5.74) is 0.734. The maximum atomic E-state index is 12.6. The first-order valence-electron chi connectivity index (χ1n) is 5.95. The summed E-state index contributed by atoms with van der Waals surface area (Å²) >= 11 is 10.3. The molecule has 1 aliphatic rings. The number of nitrogens with zero attached hydrogens (tertiary/aromatic N) is 1. The predicted octanol–water partition coefficient (Wildman–Crippen LogP) is 4.60. The number of carbonyl (C=O) groups is 1. The lowest BCUT2D eigenvalue weighted by molar-refractivity contribution is 0.0598. The van der Waals surface area contributed by atoms with Crippen LogP contribution in [-0.2, 0) is 0 Å². The average molecular weight is 440 g/mol. The van der Waals surface area contributed by atoms with Crippen LogP contribution in [-0.4, -0.2) is 28.7 Å². The van der Waals surface area contributed by atoms with Crippen LogP contribution in [0.4, 0.5) is 0 Å². The Hall–Kier alpha value is 0.130. The van der Waals surface area contributed by atoms with Gasteiger partial charge in [0.15, 0.2) is 0 Å². The van der Waals surface area contributed by atoms with Gasteiger partial charge >= 0.3 is 0 Å². The highest BCUT2D eigenvalue weighted by atomic mass is 79.9. The smallest absolute Gasteiger partial charge is 0.255 e. The van der Waals surface area contributed by atoms with Gasteiger partial charge in [-0.15, -0.1) is 0 Å². The molecule has 18 heavy (non-hydrogen) atoms. The first kappa shape index (κ1) is 14.5. The first-order chi connectivity index (χ1) is 8.63. The molecule has 0 bridgehead atoms. The van der Waals surface area contributed by atoms with E-state index in [0.29, 0.717) is 6.04 Å². The van der Waals surface area contributed by atoms with Gasteiger partial charge in [-0.2, -0.15) is 0 Å². The molecule has 2 nitrogen and oxygen atoms in total. The van der Waals surface area contributed by atoms with Crippen LogP contribution in [0.25, 0.3) is 0 Å². The van der Waals surface area contributed by atoms with Crippen molar-refractivity contribution in [3.05, 3.63) is 32.7 Å². The minimum atomic E-state index is 0.118. The number of rotatable bonds is 4. The molecule has 5 heteroatoms. The molecule has 1 aliphatic carbocycles. The highest BCUT2D eigenvalue weighted by Crippen LogP contribution is 2.29. The van der Waals surface area contributed by atoms with E-state index in [1.54, 1.807) is 0 Å². The van der Waals surface area contributed by atoms with E-state index in [1.165, 1.54) is 6.42 Å². The van der Waals surface area contributed by atoms with Crippen LogP contribution >= 0.6 is 47.8 Å². The molecule has 1 aromatic carbocycles. The van der Waals surface area contributed by atoms with Crippen LogP contribution in [0.5, 0.6) is 0 Å². The normalized spacial score (nSPS) is 15.3. The molecule has 1 saturated carbocycles. The Morgan fingerprint density at radius 1 is 1.33 bits per heavy atom. The summed E-state index contributed by atoms with van der Waals surface area (Å²) in [6.45, 7) is 0.766. The second-order valence-corrected chi connectivity index (χ2v) is 6.96.